The first kappa shape index (κ1) is 15.5. The van der Waals surface area contributed by atoms with Crippen LogP contribution < -0.4 is 5.32 Å². The summed E-state index contributed by atoms with van der Waals surface area (Å²) in [5, 5.41) is 2.59. The van der Waals surface area contributed by atoms with Crippen molar-refractivity contribution in [1.29, 1.82) is 0 Å². The first-order valence-corrected chi connectivity index (χ1v) is 6.05. The third-order valence-corrected chi connectivity index (χ3v) is 2.60. The number of carbonyl (C=O) groups excluding carboxylic acids is 1. The van der Waals surface area contributed by atoms with Gasteiger partial charge in [0.05, 0.1) is 5.56 Å². The second-order valence-corrected chi connectivity index (χ2v) is 5.68. The van der Waals surface area contributed by atoms with Crippen LogP contribution in [0.25, 0.3) is 0 Å². The van der Waals surface area contributed by atoms with Crippen LogP contribution in [0.2, 0.25) is 0 Å². The lowest BCUT2D eigenvalue weighted by Crippen LogP contribution is -2.15. The Morgan fingerprint density at radius 1 is 1.11 bits per heavy atom. The van der Waals surface area contributed by atoms with E-state index in [1.54, 1.807) is 0 Å². The molecule has 5 heteroatoms. The van der Waals surface area contributed by atoms with Crippen molar-refractivity contribution < 1.29 is 18.0 Å². The minimum Gasteiger partial charge on any atom is -0.326 e. The van der Waals surface area contributed by atoms with Gasteiger partial charge < -0.3 is 5.32 Å². The number of nitrogens with one attached hydrogen (secondary N) is 1. The number of anilines is 1. The van der Waals surface area contributed by atoms with E-state index in [9.17, 15) is 18.0 Å². The third-order valence-electron chi connectivity index (χ3n) is 2.60. The van der Waals surface area contributed by atoms with Crippen molar-refractivity contribution in [2.75, 3.05) is 5.32 Å². The van der Waals surface area contributed by atoms with Crippen LogP contribution in [-0.2, 0) is 11.0 Å². The predicted molar refractivity (Wildman–Crippen MR) is 68.8 cm³/mol. The maximum absolute atomic E-state index is 12.3. The number of halogens is 3. The van der Waals surface area contributed by atoms with E-state index in [4.69, 9.17) is 0 Å². The second-order valence-electron chi connectivity index (χ2n) is 5.68. The van der Waals surface area contributed by atoms with Crippen molar-refractivity contribution in [3.8, 4) is 0 Å². The monoisotopic (exact) mass is 273 g/mol. The fraction of sp³-hybridized carbons (Fsp3) is 0.500. The van der Waals surface area contributed by atoms with E-state index < -0.39 is 11.7 Å². The first-order valence-electron chi connectivity index (χ1n) is 6.05. The topological polar surface area (TPSA) is 29.1 Å². The maximum Gasteiger partial charge on any atom is 0.416 e. The average molecular weight is 273 g/mol. The van der Waals surface area contributed by atoms with Crippen molar-refractivity contribution >= 4 is 11.6 Å². The molecule has 0 saturated carbocycles. The molecule has 0 fully saturated rings. The minimum absolute atomic E-state index is 0.0531. The molecule has 1 aromatic carbocycles. The van der Waals surface area contributed by atoms with Crippen LogP contribution in [0.1, 0.15) is 39.2 Å². The summed E-state index contributed by atoms with van der Waals surface area (Å²) in [5.41, 5.74) is -0.288. The standard InChI is InChI=1S/C14H18F3NO/c1-13(2,3)9-8-12(19)18-11-6-4-10(5-7-11)14(15,16)17/h4-7H,8-9H2,1-3H3,(H,18,19). The van der Waals surface area contributed by atoms with Crippen LogP contribution in [0.5, 0.6) is 0 Å². The lowest BCUT2D eigenvalue weighted by atomic mass is 9.90. The van der Waals surface area contributed by atoms with Crippen LogP contribution >= 0.6 is 0 Å². The number of alkyl halides is 3. The molecule has 1 aromatic rings. The van der Waals surface area contributed by atoms with E-state index in [0.29, 0.717) is 12.1 Å². The second kappa shape index (κ2) is 5.63. The van der Waals surface area contributed by atoms with E-state index in [2.05, 4.69) is 5.32 Å². The number of amides is 1. The Morgan fingerprint density at radius 2 is 1.63 bits per heavy atom. The molecule has 0 heterocycles. The molecular weight excluding hydrogens is 255 g/mol. The molecule has 0 aliphatic carbocycles. The van der Waals surface area contributed by atoms with Crippen LogP contribution in [0.4, 0.5) is 18.9 Å². The largest absolute Gasteiger partial charge is 0.416 e. The van der Waals surface area contributed by atoms with Gasteiger partial charge in [0.1, 0.15) is 0 Å². The summed E-state index contributed by atoms with van der Waals surface area (Å²) >= 11 is 0. The molecule has 0 radical (unpaired) electrons. The van der Waals surface area contributed by atoms with Gasteiger partial charge in [-0.2, -0.15) is 13.2 Å². The molecule has 0 unspecified atom stereocenters. The van der Waals surface area contributed by atoms with Gasteiger partial charge in [-0.25, -0.2) is 0 Å². The smallest absolute Gasteiger partial charge is 0.326 e. The van der Waals surface area contributed by atoms with Gasteiger partial charge in [-0.15, -0.1) is 0 Å². The molecule has 0 spiro atoms. The van der Waals surface area contributed by atoms with Crippen molar-refractivity contribution in [1.82, 2.24) is 0 Å². The molecule has 0 atom stereocenters. The van der Waals surface area contributed by atoms with Gasteiger partial charge in [-0.3, -0.25) is 4.79 Å². The highest BCUT2D eigenvalue weighted by molar-refractivity contribution is 5.90. The zero-order valence-corrected chi connectivity index (χ0v) is 11.3. The van der Waals surface area contributed by atoms with E-state index in [1.807, 2.05) is 20.8 Å². The van der Waals surface area contributed by atoms with Gasteiger partial charge in [0.15, 0.2) is 0 Å². The van der Waals surface area contributed by atoms with Gasteiger partial charge >= 0.3 is 6.18 Å². The summed E-state index contributed by atoms with van der Waals surface area (Å²) in [6.07, 6.45) is -3.28. The maximum atomic E-state index is 12.3. The quantitative estimate of drug-likeness (QED) is 0.865. The minimum atomic E-state index is -4.35. The number of benzene rings is 1. The van der Waals surface area contributed by atoms with E-state index in [0.717, 1.165) is 18.6 Å². The highest BCUT2D eigenvalue weighted by Crippen LogP contribution is 2.29. The number of hydrogen-bond acceptors (Lipinski definition) is 1. The zero-order chi connectivity index (χ0) is 14.7. The Bertz CT molecular complexity index is 429. The zero-order valence-electron chi connectivity index (χ0n) is 11.3. The summed E-state index contributed by atoms with van der Waals surface area (Å²) in [7, 11) is 0. The van der Waals surface area contributed by atoms with Crippen molar-refractivity contribution in [3.05, 3.63) is 29.8 Å². The van der Waals surface area contributed by atoms with E-state index >= 15 is 0 Å². The summed E-state index contributed by atoms with van der Waals surface area (Å²) < 4.78 is 37.0. The normalized spacial score (nSPS) is 12.3. The van der Waals surface area contributed by atoms with E-state index in [-0.39, 0.29) is 11.3 Å². The van der Waals surface area contributed by atoms with E-state index in [1.165, 1.54) is 12.1 Å². The number of carbonyl (C=O) groups is 1. The summed E-state index contributed by atoms with van der Waals surface area (Å²) in [6, 6.07) is 4.44. The summed E-state index contributed by atoms with van der Waals surface area (Å²) in [6.45, 7) is 6.08. The molecule has 1 N–H and O–H groups in total. The van der Waals surface area contributed by atoms with Crippen molar-refractivity contribution in [2.24, 2.45) is 5.41 Å². The van der Waals surface area contributed by atoms with Gasteiger partial charge in [-0.1, -0.05) is 20.8 Å². The summed E-state index contributed by atoms with van der Waals surface area (Å²) in [4.78, 5) is 11.6. The van der Waals surface area contributed by atoms with Gasteiger partial charge in [0.2, 0.25) is 5.91 Å². The summed E-state index contributed by atoms with van der Waals surface area (Å²) in [5.74, 6) is -0.185. The highest BCUT2D eigenvalue weighted by Gasteiger charge is 2.29. The van der Waals surface area contributed by atoms with Crippen molar-refractivity contribution in [3.63, 3.8) is 0 Å². The molecule has 0 saturated heterocycles. The van der Waals surface area contributed by atoms with Gasteiger partial charge in [-0.05, 0) is 36.1 Å². The molecule has 0 bridgehead atoms. The molecule has 19 heavy (non-hydrogen) atoms. The molecule has 1 amide bonds. The highest BCUT2D eigenvalue weighted by atomic mass is 19.4. The number of rotatable bonds is 3. The third kappa shape index (κ3) is 5.77. The molecule has 106 valence electrons. The lowest BCUT2D eigenvalue weighted by Gasteiger charge is -2.17. The van der Waals surface area contributed by atoms with Crippen LogP contribution in [0.15, 0.2) is 24.3 Å². The fourth-order valence-corrected chi connectivity index (χ4v) is 1.45. The van der Waals surface area contributed by atoms with Crippen LogP contribution in [-0.4, -0.2) is 5.91 Å². The van der Waals surface area contributed by atoms with Crippen LogP contribution in [0, 0.1) is 5.41 Å². The Kier molecular flexibility index (Phi) is 4.61. The Hall–Kier alpha value is -1.52. The lowest BCUT2D eigenvalue weighted by molar-refractivity contribution is -0.137. The van der Waals surface area contributed by atoms with Crippen molar-refractivity contribution in [2.45, 2.75) is 39.8 Å². The molecule has 0 aliphatic heterocycles. The SMILES string of the molecule is CC(C)(C)CCC(=O)Nc1ccc(C(F)(F)F)cc1. The predicted octanol–water partition coefficient (Wildman–Crippen LogP) is 4.47. The fourth-order valence-electron chi connectivity index (χ4n) is 1.45. The Balaban J connectivity index is 2.56. The van der Waals surface area contributed by atoms with Crippen LogP contribution in [0.3, 0.4) is 0 Å². The average Bonchev–Trinajstić information content (AvgIpc) is 2.25. The van der Waals surface area contributed by atoms with Gasteiger partial charge in [0.25, 0.3) is 0 Å². The molecular formula is C14H18F3NO. The van der Waals surface area contributed by atoms with Gasteiger partial charge in [0, 0.05) is 12.1 Å². The molecule has 0 aliphatic rings. The molecule has 2 nitrogen and oxygen atoms in total. The number of hydrogen-bond donors (Lipinski definition) is 1. The first-order chi connectivity index (χ1) is 8.58. The molecule has 1 rings (SSSR count). The Morgan fingerprint density at radius 3 is 2.05 bits per heavy atom. The Labute approximate surface area is 111 Å². The molecule has 0 aromatic heterocycles.